The molecule has 9 heteroatoms. The van der Waals surface area contributed by atoms with E-state index in [1.807, 2.05) is 24.3 Å². The van der Waals surface area contributed by atoms with Crippen LogP contribution in [0.5, 0.6) is 0 Å². The second-order valence-electron chi connectivity index (χ2n) is 8.02. The minimum atomic E-state index is -0.710. The van der Waals surface area contributed by atoms with Crippen LogP contribution in [0.15, 0.2) is 36.9 Å². The molecule has 164 valence electrons. The molecule has 0 aliphatic heterocycles. The first kappa shape index (κ1) is 22.2. The monoisotopic (exact) mass is 423 g/mol. The Morgan fingerprint density at radius 2 is 1.87 bits per heavy atom. The third-order valence-corrected chi connectivity index (χ3v) is 5.30. The van der Waals surface area contributed by atoms with E-state index in [0.717, 1.165) is 31.4 Å². The number of primary amides is 1. The Morgan fingerprint density at radius 3 is 2.52 bits per heavy atom. The van der Waals surface area contributed by atoms with Crippen LogP contribution in [-0.4, -0.2) is 39.1 Å². The zero-order valence-corrected chi connectivity index (χ0v) is 17.9. The van der Waals surface area contributed by atoms with Gasteiger partial charge < -0.3 is 21.7 Å². The van der Waals surface area contributed by atoms with Crippen molar-refractivity contribution in [3.63, 3.8) is 0 Å². The van der Waals surface area contributed by atoms with Crippen molar-refractivity contribution in [1.82, 2.24) is 20.5 Å². The Labute approximate surface area is 181 Å². The Morgan fingerprint density at radius 1 is 1.16 bits per heavy atom. The van der Waals surface area contributed by atoms with Crippen molar-refractivity contribution in [2.45, 2.75) is 57.5 Å². The van der Waals surface area contributed by atoms with Crippen LogP contribution in [0, 0.1) is 0 Å². The fourth-order valence-corrected chi connectivity index (χ4v) is 3.62. The van der Waals surface area contributed by atoms with Crippen LogP contribution < -0.4 is 21.7 Å². The maximum absolute atomic E-state index is 11.8. The van der Waals surface area contributed by atoms with Crippen LogP contribution in [0.1, 0.15) is 61.5 Å². The summed E-state index contributed by atoms with van der Waals surface area (Å²) in [5.74, 6) is 0.0750. The van der Waals surface area contributed by atoms with Gasteiger partial charge in [0.05, 0.1) is 0 Å². The molecule has 1 aromatic carbocycles. The minimum absolute atomic E-state index is 0.0294. The van der Waals surface area contributed by atoms with Gasteiger partial charge in [0, 0.05) is 17.8 Å². The van der Waals surface area contributed by atoms with Crippen molar-refractivity contribution in [3.8, 4) is 0 Å². The average molecular weight is 424 g/mol. The molecule has 1 aliphatic carbocycles. The number of hydrogen-bond donors (Lipinski definition) is 4. The van der Waals surface area contributed by atoms with Gasteiger partial charge in [0.25, 0.3) is 5.91 Å². The Kier molecular flexibility index (Phi) is 7.17. The summed E-state index contributed by atoms with van der Waals surface area (Å²) in [6.45, 7) is 7.74. The Bertz CT molecular complexity index is 943. The highest BCUT2D eigenvalue weighted by Gasteiger charge is 2.24. The molecule has 0 spiro atoms. The summed E-state index contributed by atoms with van der Waals surface area (Å²) in [4.78, 5) is 27.8. The lowest BCUT2D eigenvalue weighted by Gasteiger charge is -2.30. The quantitative estimate of drug-likeness (QED) is 0.479. The highest BCUT2D eigenvalue weighted by molar-refractivity contribution is 5.96. The molecule has 5 N–H and O–H groups in total. The summed E-state index contributed by atoms with van der Waals surface area (Å²) in [6, 6.07) is 8.01. The molecule has 1 fully saturated rings. The van der Waals surface area contributed by atoms with Gasteiger partial charge >= 0.3 is 0 Å². The van der Waals surface area contributed by atoms with Gasteiger partial charge in [-0.15, -0.1) is 10.2 Å². The van der Waals surface area contributed by atoms with Crippen LogP contribution in [0.25, 0.3) is 0 Å². The van der Waals surface area contributed by atoms with E-state index >= 15 is 0 Å². The fourth-order valence-electron chi connectivity index (χ4n) is 3.62. The second kappa shape index (κ2) is 10.0. The van der Waals surface area contributed by atoms with E-state index in [9.17, 15) is 9.59 Å². The molecule has 0 radical (unpaired) electrons. The number of nitrogens with zero attached hydrogens (tertiary/aromatic N) is 3. The van der Waals surface area contributed by atoms with Gasteiger partial charge in [-0.2, -0.15) is 4.98 Å². The second-order valence-corrected chi connectivity index (χ2v) is 8.02. The smallest absolute Gasteiger partial charge is 0.273 e. The predicted octanol–water partition coefficient (Wildman–Crippen LogP) is 2.86. The van der Waals surface area contributed by atoms with E-state index in [1.54, 1.807) is 0 Å². The zero-order chi connectivity index (χ0) is 22.4. The van der Waals surface area contributed by atoms with E-state index in [1.165, 1.54) is 11.6 Å². The Balaban J connectivity index is 1.74. The first-order valence-electron chi connectivity index (χ1n) is 10.5. The molecule has 1 saturated carbocycles. The highest BCUT2D eigenvalue weighted by Crippen LogP contribution is 2.24. The van der Waals surface area contributed by atoms with Gasteiger partial charge in [0.15, 0.2) is 11.5 Å². The molecule has 9 nitrogen and oxygen atoms in total. The summed E-state index contributed by atoms with van der Waals surface area (Å²) < 4.78 is 0. The lowest BCUT2D eigenvalue weighted by atomic mass is 9.91. The standard InChI is InChI=1S/C22H29N7O2/c1-4-18(30)24-16-6-5-7-17(12-16)26-22-27-21(19(20(23)31)28-29-22)25-15-10-8-14(9-11-15)13(2)3/h4,8-11,13,16-17H,1,5-7,12H2,2-3H3,(H2,23,31)(H,24,30)(H2,25,26,27,29)/t16-,17-/m1/s1. The van der Waals surface area contributed by atoms with Crippen molar-refractivity contribution in [3.05, 3.63) is 48.2 Å². The number of carbonyl (C=O) groups is 2. The lowest BCUT2D eigenvalue weighted by Crippen LogP contribution is -2.41. The molecular formula is C22H29N7O2. The summed E-state index contributed by atoms with van der Waals surface area (Å²) in [6.07, 6.45) is 4.80. The van der Waals surface area contributed by atoms with Crippen molar-refractivity contribution < 1.29 is 9.59 Å². The molecule has 1 aliphatic rings. The van der Waals surface area contributed by atoms with E-state index in [2.05, 4.69) is 51.6 Å². The molecule has 1 heterocycles. The topological polar surface area (TPSA) is 135 Å². The molecule has 31 heavy (non-hydrogen) atoms. The van der Waals surface area contributed by atoms with Crippen LogP contribution in [0.4, 0.5) is 17.5 Å². The van der Waals surface area contributed by atoms with Gasteiger partial charge in [-0.25, -0.2) is 0 Å². The number of nitrogens with two attached hydrogens (primary N) is 1. The predicted molar refractivity (Wildman–Crippen MR) is 120 cm³/mol. The number of nitrogens with one attached hydrogen (secondary N) is 3. The first-order chi connectivity index (χ1) is 14.9. The molecule has 2 aromatic rings. The number of carbonyl (C=O) groups excluding carboxylic acids is 2. The van der Waals surface area contributed by atoms with Crippen LogP contribution >= 0.6 is 0 Å². The van der Waals surface area contributed by atoms with Crippen LogP contribution in [0.3, 0.4) is 0 Å². The maximum Gasteiger partial charge on any atom is 0.273 e. The van der Waals surface area contributed by atoms with Crippen molar-refractivity contribution in [1.29, 1.82) is 0 Å². The van der Waals surface area contributed by atoms with Gasteiger partial charge in [-0.05, 0) is 55.4 Å². The molecule has 0 bridgehead atoms. The molecule has 3 rings (SSSR count). The van der Waals surface area contributed by atoms with Crippen LogP contribution in [0.2, 0.25) is 0 Å². The number of anilines is 3. The molecule has 2 atom stereocenters. The van der Waals surface area contributed by atoms with Gasteiger partial charge in [-0.1, -0.05) is 32.6 Å². The molecule has 1 aromatic heterocycles. The zero-order valence-electron chi connectivity index (χ0n) is 17.9. The first-order valence-corrected chi connectivity index (χ1v) is 10.5. The maximum atomic E-state index is 11.8. The van der Waals surface area contributed by atoms with E-state index < -0.39 is 5.91 Å². The van der Waals surface area contributed by atoms with Crippen molar-refractivity contribution in [2.24, 2.45) is 5.73 Å². The Hall–Kier alpha value is -3.49. The van der Waals surface area contributed by atoms with Gasteiger partial charge in [0.1, 0.15) is 0 Å². The van der Waals surface area contributed by atoms with Crippen LogP contribution in [-0.2, 0) is 4.79 Å². The number of rotatable bonds is 8. The number of amides is 2. The lowest BCUT2D eigenvalue weighted by molar-refractivity contribution is -0.117. The highest BCUT2D eigenvalue weighted by atomic mass is 16.2. The van der Waals surface area contributed by atoms with Gasteiger partial charge in [-0.3, -0.25) is 9.59 Å². The third-order valence-electron chi connectivity index (χ3n) is 5.30. The number of hydrogen-bond acceptors (Lipinski definition) is 7. The summed E-state index contributed by atoms with van der Waals surface area (Å²) in [5.41, 5.74) is 7.40. The van der Waals surface area contributed by atoms with E-state index in [-0.39, 0.29) is 29.5 Å². The summed E-state index contributed by atoms with van der Waals surface area (Å²) >= 11 is 0. The normalized spacial score (nSPS) is 18.3. The largest absolute Gasteiger partial charge is 0.364 e. The van der Waals surface area contributed by atoms with E-state index in [0.29, 0.717) is 11.9 Å². The average Bonchev–Trinajstić information content (AvgIpc) is 2.74. The molecule has 2 amide bonds. The fraction of sp³-hybridized carbons (Fsp3) is 0.409. The van der Waals surface area contributed by atoms with Gasteiger partial charge in [0.2, 0.25) is 11.9 Å². The molecule has 0 unspecified atom stereocenters. The summed E-state index contributed by atoms with van der Waals surface area (Å²) in [5, 5.41) is 17.3. The molecular weight excluding hydrogens is 394 g/mol. The third kappa shape index (κ3) is 6.00. The molecule has 0 saturated heterocycles. The number of aromatic nitrogens is 3. The van der Waals surface area contributed by atoms with E-state index in [4.69, 9.17) is 5.73 Å². The number of benzene rings is 1. The van der Waals surface area contributed by atoms with Crippen molar-refractivity contribution in [2.75, 3.05) is 10.6 Å². The SMILES string of the molecule is C=CC(=O)N[C@@H]1CCC[C@@H](Nc2nnc(C(N)=O)c(Nc3ccc(C(C)C)cc3)n2)C1. The minimum Gasteiger partial charge on any atom is -0.364 e. The summed E-state index contributed by atoms with van der Waals surface area (Å²) in [7, 11) is 0. The van der Waals surface area contributed by atoms with Crippen molar-refractivity contribution >= 4 is 29.3 Å².